The molecule has 8 nitrogen and oxygen atoms in total. The fraction of sp³-hybridized carbons (Fsp3) is 0.143. The highest BCUT2D eigenvalue weighted by Gasteiger charge is 2.22. The van der Waals surface area contributed by atoms with Gasteiger partial charge in [-0.1, -0.05) is 37.2 Å². The van der Waals surface area contributed by atoms with Gasteiger partial charge >= 0.3 is 5.97 Å². The third-order valence-corrected chi connectivity index (χ3v) is 8.37. The van der Waals surface area contributed by atoms with Gasteiger partial charge in [0.25, 0.3) is 11.8 Å². The van der Waals surface area contributed by atoms with Crippen molar-refractivity contribution in [2.75, 3.05) is 19.8 Å². The van der Waals surface area contributed by atoms with Crippen molar-refractivity contribution in [3.63, 3.8) is 0 Å². The Kier molecular flexibility index (Phi) is 12.6. The first-order valence-corrected chi connectivity index (χ1v) is 16.9. The van der Waals surface area contributed by atoms with Crippen LogP contribution < -0.4 is 9.47 Å². The highest BCUT2D eigenvalue weighted by atomic mass is 32.2. The molecule has 51 heavy (non-hydrogen) atoms. The first-order chi connectivity index (χ1) is 24.8. The van der Waals surface area contributed by atoms with E-state index in [1.165, 1.54) is 17.1 Å². The van der Waals surface area contributed by atoms with Crippen LogP contribution in [0, 0.1) is 23.7 Å². The predicted molar refractivity (Wildman–Crippen MR) is 195 cm³/mol. The summed E-state index contributed by atoms with van der Waals surface area (Å²) in [5.74, 6) is 12.7. The van der Waals surface area contributed by atoms with Gasteiger partial charge in [0.05, 0.1) is 12.9 Å². The van der Waals surface area contributed by atoms with Crippen LogP contribution in [0.1, 0.15) is 51.5 Å². The number of carbonyl (C=O) groups excluding carboxylic acids is 4. The maximum absolute atomic E-state index is 13.0. The number of carbonyl (C=O) groups is 4. The van der Waals surface area contributed by atoms with E-state index in [1.54, 1.807) is 18.2 Å². The summed E-state index contributed by atoms with van der Waals surface area (Å²) in [6, 6.07) is 27.8. The Morgan fingerprint density at radius 3 is 1.86 bits per heavy atom. The van der Waals surface area contributed by atoms with Gasteiger partial charge in [-0.15, -0.1) is 0 Å². The van der Waals surface area contributed by atoms with Crippen molar-refractivity contribution in [2.24, 2.45) is 0 Å². The molecule has 0 aromatic heterocycles. The molecule has 0 saturated carbocycles. The minimum atomic E-state index is -0.552. The van der Waals surface area contributed by atoms with Gasteiger partial charge in [0.2, 0.25) is 5.12 Å². The maximum Gasteiger partial charge on any atom is 0.348 e. The number of esters is 1. The summed E-state index contributed by atoms with van der Waals surface area (Å²) in [6.07, 6.45) is 4.78. The number of thioether (sulfide) groups is 1. The minimum absolute atomic E-state index is 0.104. The van der Waals surface area contributed by atoms with Gasteiger partial charge in [0.15, 0.2) is 6.61 Å². The van der Waals surface area contributed by atoms with Crippen LogP contribution in [-0.2, 0) is 25.5 Å². The lowest BCUT2D eigenvalue weighted by atomic mass is 10.1. The molecular weight excluding hydrogens is 663 g/mol. The second-order valence-electron chi connectivity index (χ2n) is 11.0. The Balaban J connectivity index is 1.08. The van der Waals surface area contributed by atoms with Crippen LogP contribution >= 0.6 is 11.8 Å². The monoisotopic (exact) mass is 695 g/mol. The molecule has 0 radical (unpaired) electrons. The molecule has 0 bridgehead atoms. The zero-order chi connectivity index (χ0) is 36.0. The molecule has 5 rings (SSSR count). The number of imide groups is 1. The fourth-order valence-corrected chi connectivity index (χ4v) is 5.51. The van der Waals surface area contributed by atoms with Crippen molar-refractivity contribution in [3.8, 4) is 35.2 Å². The highest BCUT2D eigenvalue weighted by molar-refractivity contribution is 8.14. The molecule has 0 aliphatic carbocycles. The number of benzene rings is 4. The fourth-order valence-electron chi connectivity index (χ4n) is 4.78. The molecule has 0 fully saturated rings. The molecule has 0 saturated heterocycles. The normalized spacial score (nSPS) is 11.6. The van der Waals surface area contributed by atoms with Crippen molar-refractivity contribution in [1.82, 2.24) is 4.90 Å². The molecule has 1 heterocycles. The van der Waals surface area contributed by atoms with E-state index in [9.17, 15) is 19.2 Å². The highest BCUT2D eigenvalue weighted by Crippen LogP contribution is 2.27. The molecule has 4 aromatic rings. The molecule has 0 N–H and O–H groups in total. The predicted octanol–water partition coefficient (Wildman–Crippen LogP) is 6.74. The van der Waals surface area contributed by atoms with E-state index in [1.807, 2.05) is 79.7 Å². The zero-order valence-electron chi connectivity index (χ0n) is 27.8. The molecule has 9 heteroatoms. The third-order valence-electron chi connectivity index (χ3n) is 7.44. The quantitative estimate of drug-likeness (QED) is 0.0402. The van der Waals surface area contributed by atoms with E-state index < -0.39 is 5.97 Å². The topological polar surface area (TPSA) is 99.2 Å². The minimum Gasteiger partial charge on any atom is -0.494 e. The molecule has 1 aliphatic heterocycles. The lowest BCUT2D eigenvalue weighted by Crippen LogP contribution is -2.31. The van der Waals surface area contributed by atoms with Crippen molar-refractivity contribution < 1.29 is 33.4 Å². The van der Waals surface area contributed by atoms with E-state index in [-0.39, 0.29) is 23.5 Å². The second kappa shape index (κ2) is 17.9. The Morgan fingerprint density at radius 2 is 1.31 bits per heavy atom. The number of aryl methyl sites for hydroxylation is 1. The Labute approximate surface area is 301 Å². The van der Waals surface area contributed by atoms with E-state index in [4.69, 9.17) is 9.47 Å². The number of nitrogens with zero attached hydrogens (tertiary/aromatic N) is 1. The Morgan fingerprint density at radius 1 is 0.765 bits per heavy atom. The molecule has 4 aromatic carbocycles. The SMILES string of the molecule is C=COC(=O)COc1ccc(C(=O)Sc2ccc(C#Cc3ccc(C#Cc4ccc(OCCCN5C(=O)C=CC5=O)cc4)cc3)cc2)cc1CC. The van der Waals surface area contributed by atoms with Crippen LogP contribution in [0.2, 0.25) is 0 Å². The number of hydrogen-bond acceptors (Lipinski definition) is 8. The summed E-state index contributed by atoms with van der Waals surface area (Å²) in [4.78, 5) is 49.8. The summed E-state index contributed by atoms with van der Waals surface area (Å²) in [6.45, 7) is 5.76. The van der Waals surface area contributed by atoms with Gasteiger partial charge in [-0.25, -0.2) is 4.79 Å². The van der Waals surface area contributed by atoms with Crippen LogP contribution in [0.25, 0.3) is 0 Å². The number of hydrogen-bond donors (Lipinski definition) is 0. The van der Waals surface area contributed by atoms with Crippen LogP contribution in [0.15, 0.2) is 121 Å². The van der Waals surface area contributed by atoms with Crippen molar-refractivity contribution in [1.29, 1.82) is 0 Å². The average molecular weight is 696 g/mol. The summed E-state index contributed by atoms with van der Waals surface area (Å²) in [7, 11) is 0. The van der Waals surface area contributed by atoms with E-state index >= 15 is 0 Å². The number of rotatable bonds is 12. The largest absolute Gasteiger partial charge is 0.494 e. The Hall–Kier alpha value is -6.29. The van der Waals surface area contributed by atoms with Gasteiger partial charge in [0, 0.05) is 51.4 Å². The second-order valence-corrected chi connectivity index (χ2v) is 12.0. The lowest BCUT2D eigenvalue weighted by molar-refractivity contribution is -0.140. The zero-order valence-corrected chi connectivity index (χ0v) is 28.7. The standard InChI is InChI=1S/C42H33NO7S/c1-3-34-28-35(18-23-38(34)50-29-41(46)48-4-2)42(47)51-37-21-16-33(17-22-37)13-11-31-8-6-30(7-9-31)10-12-32-14-19-36(20-15-32)49-27-5-26-43-39(44)24-25-40(43)45/h4,6-9,14-25,28H,2-3,5,26-27,29H2,1H3. The number of ether oxygens (including phenoxy) is 3. The van der Waals surface area contributed by atoms with E-state index in [0.29, 0.717) is 43.1 Å². The molecule has 2 amide bonds. The van der Waals surface area contributed by atoms with Crippen molar-refractivity contribution >= 4 is 34.7 Å². The molecule has 0 unspecified atom stereocenters. The molecular formula is C42H33NO7S. The molecule has 1 aliphatic rings. The number of amides is 2. The molecule has 0 atom stereocenters. The maximum atomic E-state index is 13.0. The van der Waals surface area contributed by atoms with Crippen LogP contribution in [0.3, 0.4) is 0 Å². The van der Waals surface area contributed by atoms with Crippen molar-refractivity contribution in [3.05, 3.63) is 149 Å². The van der Waals surface area contributed by atoms with Gasteiger partial charge in [-0.05, 0) is 121 Å². The van der Waals surface area contributed by atoms with Gasteiger partial charge in [-0.2, -0.15) is 0 Å². The Bertz CT molecular complexity index is 2060. The summed E-state index contributed by atoms with van der Waals surface area (Å²) in [5, 5.41) is -0.104. The van der Waals surface area contributed by atoms with Gasteiger partial charge < -0.3 is 14.2 Å². The first kappa shape index (κ1) is 36.0. The smallest absolute Gasteiger partial charge is 0.348 e. The van der Waals surface area contributed by atoms with Crippen molar-refractivity contribution in [2.45, 2.75) is 24.7 Å². The third kappa shape index (κ3) is 10.6. The lowest BCUT2D eigenvalue weighted by Gasteiger charge is -2.13. The van der Waals surface area contributed by atoms with Gasteiger partial charge in [0.1, 0.15) is 11.5 Å². The van der Waals surface area contributed by atoms with Crippen LogP contribution in [0.5, 0.6) is 11.5 Å². The van der Waals surface area contributed by atoms with E-state index in [0.717, 1.165) is 50.7 Å². The van der Waals surface area contributed by atoms with Crippen LogP contribution in [0.4, 0.5) is 0 Å². The summed E-state index contributed by atoms with van der Waals surface area (Å²) >= 11 is 1.13. The summed E-state index contributed by atoms with van der Waals surface area (Å²) in [5.41, 5.74) is 4.72. The van der Waals surface area contributed by atoms with Crippen LogP contribution in [-0.4, -0.2) is 47.6 Å². The first-order valence-electron chi connectivity index (χ1n) is 16.1. The van der Waals surface area contributed by atoms with Gasteiger partial charge in [-0.3, -0.25) is 19.3 Å². The van der Waals surface area contributed by atoms with E-state index in [2.05, 4.69) is 35.0 Å². The average Bonchev–Trinajstić information content (AvgIpc) is 3.48. The molecule has 0 spiro atoms. The molecule has 254 valence electrons. The summed E-state index contributed by atoms with van der Waals surface area (Å²) < 4.78 is 16.0.